The molecule has 3 aromatic heterocycles. The Morgan fingerprint density at radius 1 is 1.15 bits per heavy atom. The zero-order valence-electron chi connectivity index (χ0n) is 24.1. The Bertz CT molecular complexity index is 1490. The summed E-state index contributed by atoms with van der Waals surface area (Å²) in [6, 6.07) is 8.46. The Balaban J connectivity index is 1.21. The molecule has 1 saturated carbocycles. The van der Waals surface area contributed by atoms with Crippen molar-refractivity contribution < 1.29 is 18.8 Å². The monoisotopic (exact) mass is 542 g/mol. The number of nitrogens with one attached hydrogen (secondary N) is 1. The van der Waals surface area contributed by atoms with Crippen LogP contribution < -0.4 is 15.7 Å². The van der Waals surface area contributed by atoms with Crippen molar-refractivity contribution >= 4 is 30.0 Å². The number of pyridine rings is 2. The van der Waals surface area contributed by atoms with E-state index in [0.717, 1.165) is 41.0 Å². The number of fused-ring (bicyclic) bond motifs is 2. The summed E-state index contributed by atoms with van der Waals surface area (Å²) in [6.07, 6.45) is 4.92. The lowest BCUT2D eigenvalue weighted by atomic mass is 9.79. The molecular weight excluding hydrogens is 507 g/mol. The maximum Gasteiger partial charge on any atom is 0.496 e. The summed E-state index contributed by atoms with van der Waals surface area (Å²) < 4.78 is 19.7. The molecule has 0 spiro atoms. The molecule has 3 fully saturated rings. The average molecular weight is 542 g/mol. The fourth-order valence-corrected chi connectivity index (χ4v) is 5.66. The van der Waals surface area contributed by atoms with E-state index in [9.17, 15) is 10.1 Å². The quantitative estimate of drug-likeness (QED) is 0.499. The van der Waals surface area contributed by atoms with Gasteiger partial charge >= 0.3 is 13.2 Å². The number of carbonyl (C=O) groups is 1. The standard InChI is InChI=1S/C29H35BN6O4/c1-27(2,3)38-26(37)34-24-21-15-35(16-22(21)24)23-9-8-17(12-32-23)20-10-19(14-36-25(20)18(11-31)13-33-36)30-39-28(4,5)29(6,7)40-30/h8-10,12-14,21-22,24H,15-16H2,1-7H3,(H,34,37)/t21-,22+,24-. The Hall–Kier alpha value is -3.62. The van der Waals surface area contributed by atoms with Crippen LogP contribution in [0, 0.1) is 23.2 Å². The van der Waals surface area contributed by atoms with Gasteiger partial charge in [0.2, 0.25) is 0 Å². The summed E-state index contributed by atoms with van der Waals surface area (Å²) >= 11 is 0. The lowest BCUT2D eigenvalue weighted by Crippen LogP contribution is -2.41. The van der Waals surface area contributed by atoms with E-state index in [1.165, 1.54) is 0 Å². The van der Waals surface area contributed by atoms with Crippen LogP contribution >= 0.6 is 0 Å². The van der Waals surface area contributed by atoms with Gasteiger partial charge in [-0.25, -0.2) is 14.3 Å². The van der Waals surface area contributed by atoms with Crippen molar-refractivity contribution in [3.63, 3.8) is 0 Å². The van der Waals surface area contributed by atoms with E-state index < -0.39 is 23.9 Å². The highest BCUT2D eigenvalue weighted by Crippen LogP contribution is 2.46. The normalized spacial score (nSPS) is 24.6. The van der Waals surface area contributed by atoms with Gasteiger partial charge in [-0.15, -0.1) is 0 Å². The van der Waals surface area contributed by atoms with Crippen LogP contribution in [0.2, 0.25) is 0 Å². The second-order valence-corrected chi connectivity index (χ2v) is 13.0. The van der Waals surface area contributed by atoms with Crippen LogP contribution in [0.3, 0.4) is 0 Å². The predicted molar refractivity (Wildman–Crippen MR) is 151 cm³/mol. The summed E-state index contributed by atoms with van der Waals surface area (Å²) in [5.74, 6) is 1.68. The summed E-state index contributed by atoms with van der Waals surface area (Å²) in [5.41, 5.74) is 2.28. The van der Waals surface area contributed by atoms with Crippen molar-refractivity contribution in [1.29, 1.82) is 5.26 Å². The van der Waals surface area contributed by atoms with E-state index in [-0.39, 0.29) is 12.1 Å². The first-order valence-electron chi connectivity index (χ1n) is 13.7. The Labute approximate surface area is 234 Å². The van der Waals surface area contributed by atoms with E-state index in [1.54, 1.807) is 10.7 Å². The van der Waals surface area contributed by atoms with Gasteiger partial charge in [0, 0.05) is 60.0 Å². The minimum Gasteiger partial charge on any atom is -0.444 e. The van der Waals surface area contributed by atoms with Crippen molar-refractivity contribution in [2.75, 3.05) is 18.0 Å². The molecule has 3 atom stereocenters. The molecule has 1 amide bonds. The Morgan fingerprint density at radius 3 is 2.40 bits per heavy atom. The zero-order valence-corrected chi connectivity index (χ0v) is 24.1. The Kier molecular flexibility index (Phi) is 5.95. The Morgan fingerprint density at radius 2 is 1.82 bits per heavy atom. The molecule has 0 radical (unpaired) electrons. The lowest BCUT2D eigenvalue weighted by Gasteiger charge is -2.32. The van der Waals surface area contributed by atoms with Gasteiger partial charge in [-0.05, 0) is 60.6 Å². The molecule has 0 unspecified atom stereocenters. The number of piperidine rings is 1. The fourth-order valence-electron chi connectivity index (χ4n) is 5.66. The fraction of sp³-hybridized carbons (Fsp3) is 0.517. The predicted octanol–water partition coefficient (Wildman–Crippen LogP) is 3.53. The van der Waals surface area contributed by atoms with Gasteiger partial charge in [0.05, 0.1) is 28.5 Å². The smallest absolute Gasteiger partial charge is 0.444 e. The first-order chi connectivity index (χ1) is 18.8. The summed E-state index contributed by atoms with van der Waals surface area (Å²) in [6.45, 7) is 15.4. The second-order valence-electron chi connectivity index (χ2n) is 13.0. The van der Waals surface area contributed by atoms with Crippen molar-refractivity contribution in [2.24, 2.45) is 11.8 Å². The van der Waals surface area contributed by atoms with Gasteiger partial charge in [0.15, 0.2) is 0 Å². The number of anilines is 1. The van der Waals surface area contributed by atoms with Gasteiger partial charge < -0.3 is 24.3 Å². The van der Waals surface area contributed by atoms with E-state index in [1.807, 2.05) is 79.1 Å². The summed E-state index contributed by atoms with van der Waals surface area (Å²) in [4.78, 5) is 19.2. The summed E-state index contributed by atoms with van der Waals surface area (Å²) in [7, 11) is -0.561. The highest BCUT2D eigenvalue weighted by Gasteiger charge is 2.57. The molecule has 3 aromatic rings. The van der Waals surface area contributed by atoms with E-state index in [0.29, 0.717) is 17.4 Å². The third-order valence-electron chi connectivity index (χ3n) is 8.54. The number of hydrogen-bond acceptors (Lipinski definition) is 8. The number of amides is 1. The maximum absolute atomic E-state index is 12.2. The maximum atomic E-state index is 12.2. The molecule has 2 saturated heterocycles. The van der Waals surface area contributed by atoms with Gasteiger partial charge in [-0.3, -0.25) is 0 Å². The third-order valence-corrected chi connectivity index (χ3v) is 8.54. The first-order valence-corrected chi connectivity index (χ1v) is 13.7. The van der Waals surface area contributed by atoms with Gasteiger partial charge in [-0.1, -0.05) is 6.07 Å². The van der Waals surface area contributed by atoms with Crippen molar-refractivity contribution in [3.8, 4) is 17.2 Å². The number of nitriles is 1. The van der Waals surface area contributed by atoms with Crippen LogP contribution in [-0.2, 0) is 14.0 Å². The van der Waals surface area contributed by atoms with Crippen LogP contribution in [0.1, 0.15) is 54.0 Å². The first kappa shape index (κ1) is 26.6. The van der Waals surface area contributed by atoms with E-state index in [4.69, 9.17) is 19.0 Å². The number of carbonyl (C=O) groups excluding carboxylic acids is 1. The molecule has 5 heterocycles. The molecule has 0 aromatic carbocycles. The molecule has 208 valence electrons. The highest BCUT2D eigenvalue weighted by molar-refractivity contribution is 6.62. The van der Waals surface area contributed by atoms with E-state index >= 15 is 0 Å². The number of hydrogen-bond donors (Lipinski definition) is 1. The van der Waals surface area contributed by atoms with Gasteiger partial charge in [-0.2, -0.15) is 10.4 Å². The van der Waals surface area contributed by atoms with Gasteiger partial charge in [0.25, 0.3) is 0 Å². The van der Waals surface area contributed by atoms with Crippen LogP contribution in [0.15, 0.2) is 36.8 Å². The minimum absolute atomic E-state index is 0.155. The highest BCUT2D eigenvalue weighted by atomic mass is 16.7. The minimum atomic E-state index is -0.561. The topological polar surface area (TPSA) is 114 Å². The van der Waals surface area contributed by atoms with Crippen LogP contribution in [0.25, 0.3) is 16.6 Å². The lowest BCUT2D eigenvalue weighted by molar-refractivity contribution is 0.00578. The van der Waals surface area contributed by atoms with Gasteiger partial charge in [0.1, 0.15) is 17.5 Å². The molecule has 0 bridgehead atoms. The van der Waals surface area contributed by atoms with Crippen LogP contribution in [-0.4, -0.2) is 63.7 Å². The molecule has 1 N–H and O–H groups in total. The van der Waals surface area contributed by atoms with Crippen LogP contribution in [0.5, 0.6) is 0 Å². The molecular formula is C29H35BN6O4. The third kappa shape index (κ3) is 4.59. The number of nitrogens with zero attached hydrogens (tertiary/aromatic N) is 5. The van der Waals surface area contributed by atoms with Crippen molar-refractivity contribution in [1.82, 2.24) is 19.9 Å². The second kappa shape index (κ2) is 8.95. The molecule has 6 rings (SSSR count). The van der Waals surface area contributed by atoms with Crippen molar-refractivity contribution in [2.45, 2.75) is 71.3 Å². The average Bonchev–Trinajstić information content (AvgIpc) is 3.22. The largest absolute Gasteiger partial charge is 0.496 e. The number of alkyl carbamates (subject to hydrolysis) is 1. The zero-order chi connectivity index (χ0) is 28.6. The molecule has 40 heavy (non-hydrogen) atoms. The number of ether oxygens (including phenoxy) is 1. The molecule has 10 nitrogen and oxygen atoms in total. The molecule has 3 aliphatic rings. The van der Waals surface area contributed by atoms with Crippen LogP contribution in [0.4, 0.5) is 10.6 Å². The van der Waals surface area contributed by atoms with E-state index in [2.05, 4.69) is 21.4 Å². The van der Waals surface area contributed by atoms with Crippen molar-refractivity contribution in [3.05, 3.63) is 42.4 Å². The summed E-state index contributed by atoms with van der Waals surface area (Å²) in [5, 5.41) is 17.2. The number of aromatic nitrogens is 3. The number of rotatable bonds is 4. The SMILES string of the molecule is CC(C)(C)OC(=O)N[C@@H]1[C@@H]2CN(c3ccc(-c4cc(B5OC(C)(C)C(C)(C)O5)cn5ncc(C#N)c45)cn3)C[C@@H]21. The molecule has 11 heteroatoms. The molecule has 2 aliphatic heterocycles. The molecule has 1 aliphatic carbocycles.